The average Bonchev–Trinajstić information content (AvgIpc) is 2.68. The first kappa shape index (κ1) is 17.7. The molecule has 0 saturated heterocycles. The normalized spacial score (nSPS) is 11.9. The standard InChI is InChI=1S/C14H22N4O4/c1-13(2,3)21-11(19)8-7-18(17-9(8)10(15)16)12(20)22-14(4,5)6/h7H,1-6H3,(H3,15,16). The number of ether oxygens (including phenoxy) is 2. The van der Waals surface area contributed by atoms with Gasteiger partial charge >= 0.3 is 12.1 Å². The Kier molecular flexibility index (Phi) is 4.64. The molecule has 1 aromatic heterocycles. The van der Waals surface area contributed by atoms with E-state index in [1.807, 2.05) is 0 Å². The number of nitrogens with one attached hydrogen (secondary N) is 1. The van der Waals surface area contributed by atoms with Gasteiger partial charge < -0.3 is 15.2 Å². The van der Waals surface area contributed by atoms with Crippen molar-refractivity contribution in [1.29, 1.82) is 5.41 Å². The van der Waals surface area contributed by atoms with E-state index < -0.39 is 29.1 Å². The zero-order valence-electron chi connectivity index (χ0n) is 13.7. The van der Waals surface area contributed by atoms with E-state index in [-0.39, 0.29) is 11.3 Å². The lowest BCUT2D eigenvalue weighted by Crippen LogP contribution is -2.27. The molecule has 0 atom stereocenters. The molecule has 1 heterocycles. The number of carbonyl (C=O) groups excluding carboxylic acids is 2. The fourth-order valence-electron chi connectivity index (χ4n) is 1.46. The van der Waals surface area contributed by atoms with E-state index in [9.17, 15) is 9.59 Å². The quantitative estimate of drug-likeness (QED) is 0.489. The van der Waals surface area contributed by atoms with Crippen molar-refractivity contribution in [3.63, 3.8) is 0 Å². The molecule has 0 fully saturated rings. The molecule has 0 unspecified atom stereocenters. The number of carbonyl (C=O) groups is 2. The first-order valence-electron chi connectivity index (χ1n) is 6.71. The highest BCUT2D eigenvalue weighted by Crippen LogP contribution is 2.16. The average molecular weight is 310 g/mol. The predicted octanol–water partition coefficient (Wildman–Crippen LogP) is 1.91. The molecule has 8 nitrogen and oxygen atoms in total. The van der Waals surface area contributed by atoms with Crippen LogP contribution in [-0.4, -0.2) is 38.9 Å². The number of esters is 1. The number of amidine groups is 1. The highest BCUT2D eigenvalue weighted by Gasteiger charge is 2.27. The summed E-state index contributed by atoms with van der Waals surface area (Å²) in [5.74, 6) is -1.16. The van der Waals surface area contributed by atoms with Crippen molar-refractivity contribution in [2.24, 2.45) is 5.73 Å². The van der Waals surface area contributed by atoms with Crippen molar-refractivity contribution < 1.29 is 19.1 Å². The van der Waals surface area contributed by atoms with E-state index in [1.165, 1.54) is 0 Å². The van der Waals surface area contributed by atoms with Gasteiger partial charge in [0.15, 0.2) is 0 Å². The number of nitrogens with zero attached hydrogens (tertiary/aromatic N) is 2. The summed E-state index contributed by atoms with van der Waals surface area (Å²) in [6.45, 7) is 10.2. The number of rotatable bonds is 2. The molecular formula is C14H22N4O4. The zero-order chi connectivity index (χ0) is 17.3. The molecule has 0 aliphatic rings. The van der Waals surface area contributed by atoms with E-state index in [1.54, 1.807) is 41.5 Å². The third kappa shape index (κ3) is 4.87. The molecule has 0 aliphatic heterocycles. The zero-order valence-corrected chi connectivity index (χ0v) is 13.7. The van der Waals surface area contributed by atoms with Gasteiger partial charge in [-0.05, 0) is 41.5 Å². The summed E-state index contributed by atoms with van der Waals surface area (Å²) in [5, 5.41) is 11.3. The molecular weight excluding hydrogens is 288 g/mol. The second-order valence-electron chi connectivity index (χ2n) is 6.73. The van der Waals surface area contributed by atoms with Crippen LogP contribution in [0.15, 0.2) is 6.20 Å². The Hall–Kier alpha value is -2.38. The van der Waals surface area contributed by atoms with Gasteiger partial charge in [-0.3, -0.25) is 5.41 Å². The summed E-state index contributed by atoms with van der Waals surface area (Å²) in [6.07, 6.45) is 0.378. The number of nitrogens with two attached hydrogens (primary N) is 1. The van der Waals surface area contributed by atoms with Gasteiger partial charge in [0.05, 0.1) is 6.20 Å². The topological polar surface area (TPSA) is 120 Å². The lowest BCUT2D eigenvalue weighted by atomic mass is 10.2. The van der Waals surface area contributed by atoms with Crippen LogP contribution < -0.4 is 5.73 Å². The van der Waals surface area contributed by atoms with Gasteiger partial charge in [-0.2, -0.15) is 9.78 Å². The fourth-order valence-corrected chi connectivity index (χ4v) is 1.46. The first-order valence-corrected chi connectivity index (χ1v) is 6.71. The Morgan fingerprint density at radius 1 is 1.14 bits per heavy atom. The van der Waals surface area contributed by atoms with Gasteiger partial charge in [0.1, 0.15) is 28.3 Å². The minimum Gasteiger partial charge on any atom is -0.456 e. The van der Waals surface area contributed by atoms with Crippen LogP contribution in [0.1, 0.15) is 57.6 Å². The van der Waals surface area contributed by atoms with Crippen molar-refractivity contribution in [2.75, 3.05) is 0 Å². The van der Waals surface area contributed by atoms with Gasteiger partial charge in [-0.25, -0.2) is 9.59 Å². The molecule has 1 aromatic rings. The Labute approximate surface area is 129 Å². The van der Waals surface area contributed by atoms with E-state index in [2.05, 4.69) is 5.10 Å². The number of nitrogen functional groups attached to an aromatic ring is 1. The van der Waals surface area contributed by atoms with Crippen LogP contribution in [0, 0.1) is 5.41 Å². The van der Waals surface area contributed by atoms with Gasteiger partial charge in [0.25, 0.3) is 0 Å². The molecule has 0 saturated carbocycles. The monoisotopic (exact) mass is 310 g/mol. The van der Waals surface area contributed by atoms with Crippen molar-refractivity contribution in [3.05, 3.63) is 17.5 Å². The molecule has 0 bridgehead atoms. The van der Waals surface area contributed by atoms with E-state index in [0.717, 1.165) is 10.9 Å². The molecule has 0 spiro atoms. The lowest BCUT2D eigenvalue weighted by molar-refractivity contribution is 0.00693. The maximum atomic E-state index is 12.1. The summed E-state index contributed by atoms with van der Waals surface area (Å²) in [7, 11) is 0. The predicted molar refractivity (Wildman–Crippen MR) is 80.0 cm³/mol. The van der Waals surface area contributed by atoms with Crippen LogP contribution >= 0.6 is 0 Å². The fraction of sp³-hybridized carbons (Fsp3) is 0.571. The summed E-state index contributed by atoms with van der Waals surface area (Å²) in [5.41, 5.74) is 3.78. The van der Waals surface area contributed by atoms with Crippen LogP contribution in [0.4, 0.5) is 4.79 Å². The maximum absolute atomic E-state index is 12.1. The summed E-state index contributed by atoms with van der Waals surface area (Å²) >= 11 is 0. The Morgan fingerprint density at radius 2 is 1.64 bits per heavy atom. The highest BCUT2D eigenvalue weighted by molar-refractivity contribution is 6.04. The summed E-state index contributed by atoms with van der Waals surface area (Å²) in [6, 6.07) is 0. The van der Waals surface area contributed by atoms with Crippen molar-refractivity contribution >= 4 is 17.9 Å². The van der Waals surface area contributed by atoms with Gasteiger partial charge in [0.2, 0.25) is 0 Å². The largest absolute Gasteiger partial charge is 0.456 e. The molecule has 0 aliphatic carbocycles. The number of hydrogen-bond acceptors (Lipinski definition) is 6. The highest BCUT2D eigenvalue weighted by atomic mass is 16.6. The van der Waals surface area contributed by atoms with E-state index in [4.69, 9.17) is 20.6 Å². The summed E-state index contributed by atoms with van der Waals surface area (Å²) < 4.78 is 11.2. The van der Waals surface area contributed by atoms with Crippen LogP contribution in [0.5, 0.6) is 0 Å². The van der Waals surface area contributed by atoms with Crippen molar-refractivity contribution in [2.45, 2.75) is 52.7 Å². The molecule has 0 aromatic carbocycles. The van der Waals surface area contributed by atoms with Crippen LogP contribution in [0.25, 0.3) is 0 Å². The molecule has 3 N–H and O–H groups in total. The second-order valence-corrected chi connectivity index (χ2v) is 6.73. The number of aromatic nitrogens is 2. The first-order chi connectivity index (χ1) is 9.80. The molecule has 122 valence electrons. The molecule has 22 heavy (non-hydrogen) atoms. The van der Waals surface area contributed by atoms with E-state index in [0.29, 0.717) is 0 Å². The SMILES string of the molecule is CC(C)(C)OC(=O)c1cn(C(=O)OC(C)(C)C)nc1C(=N)N. The molecule has 8 heteroatoms. The Balaban J connectivity index is 3.16. The third-order valence-corrected chi connectivity index (χ3v) is 2.17. The molecule has 0 amide bonds. The number of hydrogen-bond donors (Lipinski definition) is 2. The maximum Gasteiger partial charge on any atom is 0.435 e. The summed E-state index contributed by atoms with van der Waals surface area (Å²) in [4.78, 5) is 24.1. The van der Waals surface area contributed by atoms with Crippen LogP contribution in [0.2, 0.25) is 0 Å². The van der Waals surface area contributed by atoms with E-state index >= 15 is 0 Å². The van der Waals surface area contributed by atoms with Crippen molar-refractivity contribution in [3.8, 4) is 0 Å². The molecule has 0 radical (unpaired) electrons. The van der Waals surface area contributed by atoms with Crippen molar-refractivity contribution in [1.82, 2.24) is 9.78 Å². The minimum absolute atomic E-state index is 0.0618. The smallest absolute Gasteiger partial charge is 0.435 e. The minimum atomic E-state index is -0.773. The Bertz CT molecular complexity index is 605. The molecule has 1 rings (SSSR count). The van der Waals surface area contributed by atoms with Gasteiger partial charge in [0, 0.05) is 0 Å². The lowest BCUT2D eigenvalue weighted by Gasteiger charge is -2.19. The van der Waals surface area contributed by atoms with Gasteiger partial charge in [-0.15, -0.1) is 0 Å². The van der Waals surface area contributed by atoms with Crippen LogP contribution in [0.3, 0.4) is 0 Å². The van der Waals surface area contributed by atoms with Gasteiger partial charge in [-0.1, -0.05) is 0 Å². The second kappa shape index (κ2) is 5.78. The Morgan fingerprint density at radius 3 is 2.05 bits per heavy atom. The third-order valence-electron chi connectivity index (χ3n) is 2.17. The van der Waals surface area contributed by atoms with Crippen LogP contribution in [-0.2, 0) is 9.47 Å².